The molecule has 142 valence electrons. The molecule has 5 nitrogen and oxygen atoms in total. The molecule has 0 saturated carbocycles. The lowest BCUT2D eigenvalue weighted by Gasteiger charge is -2.09. The quantitative estimate of drug-likeness (QED) is 0.657. The SMILES string of the molecule is O=C(NCCc1ccccc1F)c1ccnc(C(=O)Nc2ccccc2Cl)c1. The van der Waals surface area contributed by atoms with Crippen LogP contribution in [0.3, 0.4) is 0 Å². The first kappa shape index (κ1) is 19.5. The van der Waals surface area contributed by atoms with Gasteiger partial charge in [-0.3, -0.25) is 14.6 Å². The second-order valence-corrected chi connectivity index (χ2v) is 6.37. The van der Waals surface area contributed by atoms with Crippen LogP contribution < -0.4 is 10.6 Å². The van der Waals surface area contributed by atoms with Crippen molar-refractivity contribution in [1.82, 2.24) is 10.3 Å². The van der Waals surface area contributed by atoms with Gasteiger partial charge >= 0.3 is 0 Å². The van der Waals surface area contributed by atoms with E-state index in [1.54, 1.807) is 42.5 Å². The summed E-state index contributed by atoms with van der Waals surface area (Å²) in [6, 6.07) is 16.1. The van der Waals surface area contributed by atoms with E-state index >= 15 is 0 Å². The van der Waals surface area contributed by atoms with Crippen molar-refractivity contribution in [2.75, 3.05) is 11.9 Å². The minimum Gasteiger partial charge on any atom is -0.352 e. The van der Waals surface area contributed by atoms with Crippen LogP contribution in [0.1, 0.15) is 26.4 Å². The number of carbonyl (C=O) groups excluding carboxylic acids is 2. The number of hydrogen-bond donors (Lipinski definition) is 2. The van der Waals surface area contributed by atoms with Crippen LogP contribution in [0.2, 0.25) is 5.02 Å². The first-order valence-corrected chi connectivity index (χ1v) is 8.96. The first-order valence-electron chi connectivity index (χ1n) is 8.58. The fourth-order valence-corrected chi connectivity index (χ4v) is 2.74. The summed E-state index contributed by atoms with van der Waals surface area (Å²) in [5.41, 5.74) is 1.35. The van der Waals surface area contributed by atoms with Crippen LogP contribution in [-0.4, -0.2) is 23.3 Å². The van der Waals surface area contributed by atoms with Crippen molar-refractivity contribution in [3.05, 3.63) is 94.5 Å². The second-order valence-electron chi connectivity index (χ2n) is 5.96. The van der Waals surface area contributed by atoms with Crippen LogP contribution >= 0.6 is 11.6 Å². The summed E-state index contributed by atoms with van der Waals surface area (Å²) in [6.45, 7) is 0.267. The van der Waals surface area contributed by atoms with Gasteiger partial charge in [-0.15, -0.1) is 0 Å². The number of para-hydroxylation sites is 1. The molecule has 0 aliphatic carbocycles. The number of anilines is 1. The molecule has 1 aromatic heterocycles. The third-order valence-corrected chi connectivity index (χ3v) is 4.34. The molecule has 0 aliphatic rings. The van der Waals surface area contributed by atoms with Crippen molar-refractivity contribution in [1.29, 1.82) is 0 Å². The van der Waals surface area contributed by atoms with E-state index in [2.05, 4.69) is 15.6 Å². The number of amides is 2. The highest BCUT2D eigenvalue weighted by Gasteiger charge is 2.13. The lowest BCUT2D eigenvalue weighted by Crippen LogP contribution is -2.26. The summed E-state index contributed by atoms with van der Waals surface area (Å²) in [5, 5.41) is 5.77. The predicted molar refractivity (Wildman–Crippen MR) is 106 cm³/mol. The summed E-state index contributed by atoms with van der Waals surface area (Å²) in [4.78, 5) is 28.7. The van der Waals surface area contributed by atoms with Gasteiger partial charge in [0.1, 0.15) is 11.5 Å². The Morgan fingerprint density at radius 3 is 2.54 bits per heavy atom. The van der Waals surface area contributed by atoms with E-state index in [0.29, 0.717) is 22.7 Å². The highest BCUT2D eigenvalue weighted by Crippen LogP contribution is 2.21. The molecule has 0 aliphatic heterocycles. The molecule has 1 heterocycles. The largest absolute Gasteiger partial charge is 0.352 e. The molecule has 0 bridgehead atoms. The van der Waals surface area contributed by atoms with Gasteiger partial charge in [-0.2, -0.15) is 0 Å². The third-order valence-electron chi connectivity index (χ3n) is 4.01. The zero-order valence-electron chi connectivity index (χ0n) is 14.8. The Morgan fingerprint density at radius 1 is 1.00 bits per heavy atom. The lowest BCUT2D eigenvalue weighted by molar-refractivity contribution is 0.0954. The zero-order valence-corrected chi connectivity index (χ0v) is 15.5. The number of aromatic nitrogens is 1. The molecule has 2 aromatic carbocycles. The van der Waals surface area contributed by atoms with Crippen LogP contribution in [-0.2, 0) is 6.42 Å². The molecule has 0 unspecified atom stereocenters. The number of hydrogen-bond acceptors (Lipinski definition) is 3. The summed E-state index contributed by atoms with van der Waals surface area (Å²) in [7, 11) is 0. The molecule has 2 amide bonds. The van der Waals surface area contributed by atoms with Gasteiger partial charge in [0.25, 0.3) is 11.8 Å². The van der Waals surface area contributed by atoms with Crippen LogP contribution in [0.25, 0.3) is 0 Å². The third kappa shape index (κ3) is 4.92. The van der Waals surface area contributed by atoms with Crippen LogP contribution in [0.5, 0.6) is 0 Å². The highest BCUT2D eigenvalue weighted by molar-refractivity contribution is 6.33. The maximum Gasteiger partial charge on any atom is 0.274 e. The van der Waals surface area contributed by atoms with Gasteiger partial charge in [-0.05, 0) is 42.3 Å². The van der Waals surface area contributed by atoms with Crippen molar-refractivity contribution in [3.63, 3.8) is 0 Å². The monoisotopic (exact) mass is 397 g/mol. The van der Waals surface area contributed by atoms with Gasteiger partial charge in [-0.25, -0.2) is 4.39 Å². The molecular weight excluding hydrogens is 381 g/mol. The Balaban J connectivity index is 1.62. The van der Waals surface area contributed by atoms with E-state index < -0.39 is 5.91 Å². The smallest absolute Gasteiger partial charge is 0.274 e. The summed E-state index contributed by atoms with van der Waals surface area (Å²) in [6.07, 6.45) is 1.75. The van der Waals surface area contributed by atoms with Gasteiger partial charge in [0.2, 0.25) is 0 Å². The number of nitrogens with zero attached hydrogens (tertiary/aromatic N) is 1. The first-order chi connectivity index (χ1) is 13.5. The molecule has 0 radical (unpaired) electrons. The van der Waals surface area contributed by atoms with E-state index in [1.807, 2.05) is 0 Å². The van der Waals surface area contributed by atoms with Gasteiger partial charge in [0.05, 0.1) is 10.7 Å². The van der Waals surface area contributed by atoms with Gasteiger partial charge in [0.15, 0.2) is 0 Å². The molecule has 0 fully saturated rings. The summed E-state index contributed by atoms with van der Waals surface area (Å²) >= 11 is 6.03. The number of benzene rings is 2. The molecule has 7 heteroatoms. The van der Waals surface area contributed by atoms with Gasteiger partial charge in [-0.1, -0.05) is 41.9 Å². The maximum atomic E-state index is 13.6. The van der Waals surface area contributed by atoms with E-state index in [4.69, 9.17) is 11.6 Å². The van der Waals surface area contributed by atoms with Crippen molar-refractivity contribution in [2.24, 2.45) is 0 Å². The Bertz CT molecular complexity index is 1010. The number of rotatable bonds is 6. The number of pyridine rings is 1. The maximum absolute atomic E-state index is 13.6. The average Bonchev–Trinajstić information content (AvgIpc) is 2.71. The van der Waals surface area contributed by atoms with Crippen molar-refractivity contribution >= 4 is 29.1 Å². The van der Waals surface area contributed by atoms with Crippen LogP contribution in [0, 0.1) is 5.82 Å². The number of halogens is 2. The van der Waals surface area contributed by atoms with E-state index in [0.717, 1.165) is 0 Å². The highest BCUT2D eigenvalue weighted by atomic mass is 35.5. The molecule has 0 saturated heterocycles. The topological polar surface area (TPSA) is 71.1 Å². The fraction of sp³-hybridized carbons (Fsp3) is 0.0952. The summed E-state index contributed by atoms with van der Waals surface area (Å²) < 4.78 is 13.6. The normalized spacial score (nSPS) is 10.4. The molecule has 2 N–H and O–H groups in total. The van der Waals surface area contributed by atoms with Gasteiger partial charge in [0, 0.05) is 18.3 Å². The molecule has 3 aromatic rings. The van der Waals surface area contributed by atoms with Gasteiger partial charge < -0.3 is 10.6 Å². The lowest BCUT2D eigenvalue weighted by atomic mass is 10.1. The zero-order chi connectivity index (χ0) is 19.9. The van der Waals surface area contributed by atoms with Crippen molar-refractivity contribution in [2.45, 2.75) is 6.42 Å². The fourth-order valence-electron chi connectivity index (χ4n) is 2.56. The Labute approximate surface area is 166 Å². The minimum absolute atomic E-state index is 0.0849. The average molecular weight is 398 g/mol. The Morgan fingerprint density at radius 2 is 1.75 bits per heavy atom. The minimum atomic E-state index is -0.478. The second kappa shape index (κ2) is 9.10. The molecular formula is C21H17ClFN3O2. The predicted octanol–water partition coefficient (Wildman–Crippen LogP) is 4.10. The van der Waals surface area contributed by atoms with E-state index in [1.165, 1.54) is 24.4 Å². The Kier molecular flexibility index (Phi) is 6.34. The van der Waals surface area contributed by atoms with E-state index in [-0.39, 0.29) is 29.5 Å². The Hall–Kier alpha value is -3.25. The molecule has 28 heavy (non-hydrogen) atoms. The number of carbonyl (C=O) groups is 2. The molecule has 3 rings (SSSR count). The summed E-state index contributed by atoms with van der Waals surface area (Å²) in [5.74, 6) is -1.15. The van der Waals surface area contributed by atoms with E-state index in [9.17, 15) is 14.0 Å². The standard InChI is InChI=1S/C21H17ClFN3O2/c22-16-6-2-4-8-18(16)26-21(28)19-13-15(10-11-24-19)20(27)25-12-9-14-5-1-3-7-17(14)23/h1-8,10-11,13H,9,12H2,(H,25,27)(H,26,28). The molecule has 0 atom stereocenters. The van der Waals surface area contributed by atoms with Crippen LogP contribution in [0.4, 0.5) is 10.1 Å². The number of nitrogens with one attached hydrogen (secondary N) is 2. The van der Waals surface area contributed by atoms with Crippen LogP contribution in [0.15, 0.2) is 66.9 Å². The molecule has 0 spiro atoms. The van der Waals surface area contributed by atoms with Crippen molar-refractivity contribution in [3.8, 4) is 0 Å². The van der Waals surface area contributed by atoms with Crippen molar-refractivity contribution < 1.29 is 14.0 Å².